The second-order valence-electron chi connectivity index (χ2n) is 8.65. The fourth-order valence-corrected chi connectivity index (χ4v) is 3.79. The van der Waals surface area contributed by atoms with Crippen molar-refractivity contribution in [3.63, 3.8) is 0 Å². The molecule has 0 spiro atoms. The van der Waals surface area contributed by atoms with E-state index in [-0.39, 0.29) is 18.0 Å². The molecule has 1 saturated heterocycles. The van der Waals surface area contributed by atoms with Crippen LogP contribution in [-0.4, -0.2) is 40.8 Å². The van der Waals surface area contributed by atoms with E-state index >= 15 is 0 Å². The molecule has 3 aromatic rings. The number of amides is 4. The third kappa shape index (κ3) is 6.77. The number of hydrogen-bond donors (Lipinski definition) is 2. The van der Waals surface area contributed by atoms with Crippen LogP contribution in [0.15, 0.2) is 72.4 Å². The first-order valence-corrected chi connectivity index (χ1v) is 12.1. The van der Waals surface area contributed by atoms with Crippen LogP contribution in [-0.2, 0) is 16.2 Å². The van der Waals surface area contributed by atoms with Crippen LogP contribution in [0.5, 0.6) is 11.5 Å². The SMILES string of the molecule is CCOc1cc(/C=C2/NC(=O)N(CC(=O)Nc3ccc(C)cc3)C2=O)ccc1OCc1cccc([N+](=O)[O-])c1. The number of urea groups is 1. The summed E-state index contributed by atoms with van der Waals surface area (Å²) >= 11 is 0. The summed E-state index contributed by atoms with van der Waals surface area (Å²) in [6.45, 7) is 3.70. The summed E-state index contributed by atoms with van der Waals surface area (Å²) in [5, 5.41) is 16.2. The predicted molar refractivity (Wildman–Crippen MR) is 143 cm³/mol. The van der Waals surface area contributed by atoms with Crippen LogP contribution in [0.25, 0.3) is 6.08 Å². The van der Waals surface area contributed by atoms with Gasteiger partial charge in [-0.2, -0.15) is 0 Å². The van der Waals surface area contributed by atoms with Crippen LogP contribution in [0.4, 0.5) is 16.2 Å². The Morgan fingerprint density at radius 2 is 1.82 bits per heavy atom. The third-order valence-electron chi connectivity index (χ3n) is 5.69. The molecule has 1 fully saturated rings. The minimum atomic E-state index is -0.702. The van der Waals surface area contributed by atoms with Crippen molar-refractivity contribution in [2.24, 2.45) is 0 Å². The number of nitro groups is 1. The number of nitrogens with zero attached hydrogens (tertiary/aromatic N) is 2. The minimum absolute atomic E-state index is 0.0100. The van der Waals surface area contributed by atoms with E-state index in [1.807, 2.05) is 19.1 Å². The summed E-state index contributed by atoms with van der Waals surface area (Å²) in [5.41, 5.74) is 2.74. The van der Waals surface area contributed by atoms with Crippen LogP contribution < -0.4 is 20.1 Å². The van der Waals surface area contributed by atoms with Crippen molar-refractivity contribution in [1.82, 2.24) is 10.2 Å². The average molecular weight is 531 g/mol. The maximum atomic E-state index is 12.9. The molecule has 1 heterocycles. The molecule has 0 saturated carbocycles. The predicted octanol–water partition coefficient (Wildman–Crippen LogP) is 4.41. The molecule has 0 aromatic heterocycles. The van der Waals surface area contributed by atoms with Crippen molar-refractivity contribution in [2.45, 2.75) is 20.5 Å². The molecule has 0 bridgehead atoms. The van der Waals surface area contributed by atoms with Crippen molar-refractivity contribution in [3.05, 3.63) is 99.2 Å². The summed E-state index contributed by atoms with van der Waals surface area (Å²) in [6, 6.07) is 17.5. The molecule has 1 aliphatic rings. The topological polar surface area (TPSA) is 140 Å². The maximum absolute atomic E-state index is 12.9. The molecular formula is C28H26N4O7. The van der Waals surface area contributed by atoms with Gasteiger partial charge < -0.3 is 20.1 Å². The molecule has 0 radical (unpaired) electrons. The van der Waals surface area contributed by atoms with E-state index in [0.717, 1.165) is 10.5 Å². The van der Waals surface area contributed by atoms with Crippen LogP contribution in [0.3, 0.4) is 0 Å². The number of rotatable bonds is 10. The maximum Gasteiger partial charge on any atom is 0.329 e. The van der Waals surface area contributed by atoms with Crippen molar-refractivity contribution in [1.29, 1.82) is 0 Å². The highest BCUT2D eigenvalue weighted by Crippen LogP contribution is 2.31. The van der Waals surface area contributed by atoms with Gasteiger partial charge in [-0.05, 0) is 55.3 Å². The number of non-ortho nitro benzene ring substituents is 1. The first kappa shape index (κ1) is 26.9. The fourth-order valence-electron chi connectivity index (χ4n) is 3.79. The molecule has 0 atom stereocenters. The monoisotopic (exact) mass is 530 g/mol. The molecule has 200 valence electrons. The summed E-state index contributed by atoms with van der Waals surface area (Å²) < 4.78 is 11.5. The number of anilines is 1. The molecule has 1 aliphatic heterocycles. The highest BCUT2D eigenvalue weighted by Gasteiger charge is 2.35. The lowest BCUT2D eigenvalue weighted by molar-refractivity contribution is -0.384. The highest BCUT2D eigenvalue weighted by atomic mass is 16.6. The molecule has 2 N–H and O–H groups in total. The Hall–Kier alpha value is -5.19. The van der Waals surface area contributed by atoms with E-state index in [1.165, 1.54) is 18.2 Å². The number of aryl methyl sites for hydroxylation is 1. The summed E-state index contributed by atoms with van der Waals surface area (Å²) in [5.74, 6) is -0.347. The Morgan fingerprint density at radius 3 is 2.54 bits per heavy atom. The quantitative estimate of drug-likeness (QED) is 0.171. The van der Waals surface area contributed by atoms with E-state index in [0.29, 0.717) is 34.9 Å². The van der Waals surface area contributed by atoms with E-state index in [4.69, 9.17) is 9.47 Å². The molecule has 0 unspecified atom stereocenters. The van der Waals surface area contributed by atoms with E-state index in [9.17, 15) is 24.5 Å². The lowest BCUT2D eigenvalue weighted by atomic mass is 10.1. The second kappa shape index (κ2) is 11.9. The van der Waals surface area contributed by atoms with Gasteiger partial charge in [-0.15, -0.1) is 0 Å². The van der Waals surface area contributed by atoms with Crippen molar-refractivity contribution in [2.75, 3.05) is 18.5 Å². The molecule has 3 aromatic carbocycles. The standard InChI is InChI=1S/C28H26N4O7/c1-3-38-25-15-19(9-12-24(25)39-17-20-5-4-6-22(13-20)32(36)37)14-23-27(34)31(28(35)30-23)16-26(33)29-21-10-7-18(2)8-11-21/h4-15H,3,16-17H2,1-2H3,(H,29,33)(H,30,35)/b23-14+. The van der Waals surface area contributed by atoms with Gasteiger partial charge in [-0.25, -0.2) is 9.69 Å². The normalized spacial score (nSPS) is 13.8. The first-order valence-electron chi connectivity index (χ1n) is 12.1. The smallest absolute Gasteiger partial charge is 0.329 e. The number of nitrogens with one attached hydrogen (secondary N) is 2. The average Bonchev–Trinajstić information content (AvgIpc) is 3.17. The lowest BCUT2D eigenvalue weighted by Gasteiger charge is -2.13. The molecule has 39 heavy (non-hydrogen) atoms. The Morgan fingerprint density at radius 1 is 1.05 bits per heavy atom. The molecule has 4 amide bonds. The first-order chi connectivity index (χ1) is 18.7. The van der Waals surface area contributed by atoms with Crippen LogP contribution in [0.1, 0.15) is 23.6 Å². The fraction of sp³-hybridized carbons (Fsp3) is 0.179. The molecule has 0 aliphatic carbocycles. The molecule has 11 heteroatoms. The molecular weight excluding hydrogens is 504 g/mol. The van der Waals surface area contributed by atoms with E-state index in [1.54, 1.807) is 49.4 Å². The largest absolute Gasteiger partial charge is 0.490 e. The zero-order chi connectivity index (χ0) is 27.9. The Balaban J connectivity index is 1.44. The van der Waals surface area contributed by atoms with E-state index < -0.39 is 29.3 Å². The Kier molecular flexibility index (Phi) is 8.20. The van der Waals surface area contributed by atoms with Gasteiger partial charge in [0.05, 0.1) is 11.5 Å². The number of carbonyl (C=O) groups is 3. The van der Waals surface area contributed by atoms with Crippen LogP contribution >= 0.6 is 0 Å². The van der Waals surface area contributed by atoms with Crippen LogP contribution in [0, 0.1) is 17.0 Å². The number of hydrogen-bond acceptors (Lipinski definition) is 7. The van der Waals surface area contributed by atoms with Gasteiger partial charge in [0.2, 0.25) is 5.91 Å². The number of carbonyl (C=O) groups excluding carboxylic acids is 3. The summed E-state index contributed by atoms with van der Waals surface area (Å²) in [7, 11) is 0. The Labute approximate surface area is 224 Å². The van der Waals surface area contributed by atoms with Gasteiger partial charge in [-0.3, -0.25) is 19.7 Å². The third-order valence-corrected chi connectivity index (χ3v) is 5.69. The zero-order valence-electron chi connectivity index (χ0n) is 21.3. The van der Waals surface area contributed by atoms with Gasteiger partial charge in [-0.1, -0.05) is 35.9 Å². The van der Waals surface area contributed by atoms with Gasteiger partial charge in [0.15, 0.2) is 11.5 Å². The number of ether oxygens (including phenoxy) is 2. The van der Waals surface area contributed by atoms with E-state index in [2.05, 4.69) is 10.6 Å². The highest BCUT2D eigenvalue weighted by molar-refractivity contribution is 6.16. The van der Waals surface area contributed by atoms with Gasteiger partial charge in [0.1, 0.15) is 18.8 Å². The van der Waals surface area contributed by atoms with Gasteiger partial charge >= 0.3 is 6.03 Å². The number of benzene rings is 3. The van der Waals surface area contributed by atoms with Crippen LogP contribution in [0.2, 0.25) is 0 Å². The van der Waals surface area contributed by atoms with Crippen molar-refractivity contribution >= 4 is 35.3 Å². The number of imide groups is 1. The van der Waals surface area contributed by atoms with Crippen molar-refractivity contribution < 1.29 is 28.8 Å². The summed E-state index contributed by atoms with van der Waals surface area (Å²) in [4.78, 5) is 49.0. The number of nitro benzene ring substituents is 1. The zero-order valence-corrected chi connectivity index (χ0v) is 21.3. The van der Waals surface area contributed by atoms with Gasteiger partial charge in [0, 0.05) is 17.8 Å². The summed E-state index contributed by atoms with van der Waals surface area (Å²) in [6.07, 6.45) is 1.48. The minimum Gasteiger partial charge on any atom is -0.490 e. The van der Waals surface area contributed by atoms with Gasteiger partial charge in [0.25, 0.3) is 11.6 Å². The van der Waals surface area contributed by atoms with Crippen molar-refractivity contribution in [3.8, 4) is 11.5 Å². The molecule has 4 rings (SSSR count). The lowest BCUT2D eigenvalue weighted by Crippen LogP contribution is -2.38. The molecule has 11 nitrogen and oxygen atoms in total. The Bertz CT molecular complexity index is 1450. The second-order valence-corrected chi connectivity index (χ2v) is 8.65.